The Morgan fingerprint density at radius 1 is 1.24 bits per heavy atom. The van der Waals surface area contributed by atoms with E-state index in [2.05, 4.69) is 31.3 Å². The van der Waals surface area contributed by atoms with E-state index in [0.29, 0.717) is 0 Å². The first-order chi connectivity index (χ1) is 11.6. The lowest BCUT2D eigenvalue weighted by molar-refractivity contribution is -0.141. The van der Waals surface area contributed by atoms with Gasteiger partial charge >= 0.3 is 12.1 Å². The maximum Gasteiger partial charge on any atom is 0.408 e. The number of carbonyl (C=O) groups is 3. The highest BCUT2D eigenvalue weighted by Gasteiger charge is 2.21. The van der Waals surface area contributed by atoms with E-state index in [0.717, 1.165) is 10.0 Å². The number of hydrogen-bond donors (Lipinski definition) is 2. The van der Waals surface area contributed by atoms with Gasteiger partial charge < -0.3 is 20.1 Å². The monoisotopic (exact) mass is 414 g/mol. The molecule has 0 aromatic heterocycles. The van der Waals surface area contributed by atoms with Crippen LogP contribution in [0, 0.1) is 0 Å². The topological polar surface area (TPSA) is 93.7 Å². The van der Waals surface area contributed by atoms with Crippen molar-refractivity contribution < 1.29 is 23.9 Å². The summed E-state index contributed by atoms with van der Waals surface area (Å²) in [5.41, 5.74) is 0.0926. The van der Waals surface area contributed by atoms with E-state index in [1.165, 1.54) is 7.11 Å². The third-order valence-corrected chi connectivity index (χ3v) is 3.47. The fourth-order valence-electron chi connectivity index (χ4n) is 1.94. The average molecular weight is 415 g/mol. The summed E-state index contributed by atoms with van der Waals surface area (Å²) in [6.07, 6.45) is -0.708. The van der Waals surface area contributed by atoms with Crippen molar-refractivity contribution in [3.05, 3.63) is 34.3 Å². The molecule has 0 aliphatic rings. The largest absolute Gasteiger partial charge is 0.469 e. The summed E-state index contributed by atoms with van der Waals surface area (Å²) in [4.78, 5) is 35.3. The average Bonchev–Trinajstić information content (AvgIpc) is 2.50. The third-order valence-electron chi connectivity index (χ3n) is 2.98. The third kappa shape index (κ3) is 8.53. The van der Waals surface area contributed by atoms with Crippen LogP contribution < -0.4 is 10.6 Å². The molecule has 1 atom stereocenters. The Kier molecular flexibility index (Phi) is 7.89. The lowest BCUT2D eigenvalue weighted by Gasteiger charge is -2.21. The zero-order valence-electron chi connectivity index (χ0n) is 14.7. The number of ether oxygens (including phenoxy) is 2. The van der Waals surface area contributed by atoms with Crippen molar-refractivity contribution in [2.45, 2.75) is 38.8 Å². The number of methoxy groups -OCH3 is 1. The fraction of sp³-hybridized carbons (Fsp3) is 0.471. The minimum absolute atomic E-state index is 0.0227. The minimum atomic E-state index is -0.686. The van der Waals surface area contributed by atoms with Crippen LogP contribution in [0.15, 0.2) is 28.7 Å². The van der Waals surface area contributed by atoms with E-state index >= 15 is 0 Å². The number of esters is 1. The Balaban J connectivity index is 2.69. The number of nitrogens with one attached hydrogen (secondary N) is 2. The SMILES string of the molecule is COC(=O)C[C@H](NC(=O)CNC(=O)OC(C)(C)C)c1cccc(Br)c1. The number of benzene rings is 1. The molecule has 0 bridgehead atoms. The number of alkyl carbamates (subject to hydrolysis) is 1. The van der Waals surface area contributed by atoms with Gasteiger partial charge in [0.15, 0.2) is 0 Å². The molecule has 0 fully saturated rings. The first-order valence-electron chi connectivity index (χ1n) is 7.69. The second-order valence-electron chi connectivity index (χ2n) is 6.31. The molecular weight excluding hydrogens is 392 g/mol. The van der Waals surface area contributed by atoms with Gasteiger partial charge in [0.25, 0.3) is 0 Å². The van der Waals surface area contributed by atoms with E-state index in [-0.39, 0.29) is 13.0 Å². The van der Waals surface area contributed by atoms with Crippen LogP contribution in [0.1, 0.15) is 38.8 Å². The van der Waals surface area contributed by atoms with Crippen molar-refractivity contribution in [2.24, 2.45) is 0 Å². The smallest absolute Gasteiger partial charge is 0.408 e. The van der Waals surface area contributed by atoms with Crippen LogP contribution in [0.5, 0.6) is 0 Å². The Hall–Kier alpha value is -2.09. The molecule has 25 heavy (non-hydrogen) atoms. The van der Waals surface area contributed by atoms with Gasteiger partial charge in [-0.25, -0.2) is 4.79 Å². The molecule has 0 aliphatic carbocycles. The molecule has 0 saturated heterocycles. The summed E-state index contributed by atoms with van der Waals surface area (Å²) >= 11 is 3.36. The van der Waals surface area contributed by atoms with Gasteiger partial charge in [0.2, 0.25) is 5.91 Å². The summed E-state index contributed by atoms with van der Waals surface area (Å²) in [5.74, 6) is -0.898. The lowest BCUT2D eigenvalue weighted by atomic mass is 10.0. The van der Waals surface area contributed by atoms with Crippen LogP contribution in [-0.2, 0) is 19.1 Å². The Bertz CT molecular complexity index is 628. The van der Waals surface area contributed by atoms with Crippen molar-refractivity contribution in [1.29, 1.82) is 0 Å². The quantitative estimate of drug-likeness (QED) is 0.697. The van der Waals surface area contributed by atoms with Gasteiger partial charge in [-0.15, -0.1) is 0 Å². The van der Waals surface area contributed by atoms with Crippen LogP contribution in [0.2, 0.25) is 0 Å². The molecule has 2 N–H and O–H groups in total. The van der Waals surface area contributed by atoms with E-state index in [1.807, 2.05) is 6.07 Å². The van der Waals surface area contributed by atoms with Gasteiger partial charge in [0.05, 0.1) is 19.6 Å². The van der Waals surface area contributed by atoms with E-state index in [4.69, 9.17) is 4.74 Å². The van der Waals surface area contributed by atoms with Crippen LogP contribution in [0.4, 0.5) is 4.79 Å². The maximum atomic E-state index is 12.1. The molecule has 0 spiro atoms. The predicted molar refractivity (Wildman–Crippen MR) is 95.9 cm³/mol. The van der Waals surface area contributed by atoms with Gasteiger partial charge in [-0.3, -0.25) is 9.59 Å². The molecule has 0 radical (unpaired) electrons. The van der Waals surface area contributed by atoms with Crippen LogP contribution in [0.25, 0.3) is 0 Å². The van der Waals surface area contributed by atoms with Crippen molar-refractivity contribution in [3.8, 4) is 0 Å². The van der Waals surface area contributed by atoms with Gasteiger partial charge in [-0.2, -0.15) is 0 Å². The highest BCUT2D eigenvalue weighted by atomic mass is 79.9. The molecule has 2 amide bonds. The van der Waals surface area contributed by atoms with Crippen LogP contribution >= 0.6 is 15.9 Å². The zero-order chi connectivity index (χ0) is 19.0. The predicted octanol–water partition coefficient (Wildman–Crippen LogP) is 2.69. The second-order valence-corrected chi connectivity index (χ2v) is 7.23. The summed E-state index contributed by atoms with van der Waals surface area (Å²) in [6, 6.07) is 6.66. The molecule has 0 saturated carbocycles. The summed E-state index contributed by atoms with van der Waals surface area (Å²) in [5, 5.41) is 5.09. The van der Waals surface area contributed by atoms with E-state index < -0.39 is 29.6 Å². The number of rotatable bonds is 6. The first kappa shape index (κ1) is 21.0. The molecule has 7 nitrogen and oxygen atoms in total. The first-order valence-corrected chi connectivity index (χ1v) is 8.48. The molecule has 1 aromatic rings. The van der Waals surface area contributed by atoms with E-state index in [1.54, 1.807) is 39.0 Å². The van der Waals surface area contributed by atoms with Crippen molar-refractivity contribution in [3.63, 3.8) is 0 Å². The molecule has 1 aromatic carbocycles. The normalized spacial score (nSPS) is 12.0. The standard InChI is InChI=1S/C17H23BrN2O5/c1-17(2,3)25-16(23)19-10-14(21)20-13(9-15(22)24-4)11-6-5-7-12(18)8-11/h5-8,13H,9-10H2,1-4H3,(H,19,23)(H,20,21)/t13-/m0/s1. The fourth-order valence-corrected chi connectivity index (χ4v) is 2.35. The minimum Gasteiger partial charge on any atom is -0.469 e. The molecule has 0 heterocycles. The summed E-state index contributed by atoms with van der Waals surface area (Å²) in [7, 11) is 1.28. The van der Waals surface area contributed by atoms with Gasteiger partial charge in [-0.05, 0) is 38.5 Å². The number of amides is 2. The maximum absolute atomic E-state index is 12.1. The molecule has 0 unspecified atom stereocenters. The van der Waals surface area contributed by atoms with Gasteiger partial charge in [-0.1, -0.05) is 28.1 Å². The number of hydrogen-bond acceptors (Lipinski definition) is 5. The Morgan fingerprint density at radius 2 is 1.92 bits per heavy atom. The molecular formula is C17H23BrN2O5. The molecule has 0 aliphatic heterocycles. The van der Waals surface area contributed by atoms with Crippen molar-refractivity contribution >= 4 is 33.9 Å². The summed E-state index contributed by atoms with van der Waals surface area (Å²) < 4.78 is 10.6. The number of carbonyl (C=O) groups excluding carboxylic acids is 3. The van der Waals surface area contributed by atoms with Crippen molar-refractivity contribution in [1.82, 2.24) is 10.6 Å². The highest BCUT2D eigenvalue weighted by Crippen LogP contribution is 2.21. The Morgan fingerprint density at radius 3 is 2.48 bits per heavy atom. The second kappa shape index (κ2) is 9.41. The highest BCUT2D eigenvalue weighted by molar-refractivity contribution is 9.10. The van der Waals surface area contributed by atoms with Gasteiger partial charge in [0, 0.05) is 4.47 Å². The van der Waals surface area contributed by atoms with E-state index in [9.17, 15) is 14.4 Å². The zero-order valence-corrected chi connectivity index (χ0v) is 16.3. The Labute approximate surface area is 155 Å². The molecule has 8 heteroatoms. The van der Waals surface area contributed by atoms with Crippen molar-refractivity contribution in [2.75, 3.05) is 13.7 Å². The van der Waals surface area contributed by atoms with Gasteiger partial charge in [0.1, 0.15) is 12.1 Å². The number of halogens is 1. The van der Waals surface area contributed by atoms with Crippen LogP contribution in [-0.4, -0.2) is 37.2 Å². The summed E-state index contributed by atoms with van der Waals surface area (Å²) in [6.45, 7) is 4.92. The molecule has 1 rings (SSSR count). The lowest BCUT2D eigenvalue weighted by Crippen LogP contribution is -2.41. The van der Waals surface area contributed by atoms with Crippen LogP contribution in [0.3, 0.4) is 0 Å². The molecule has 138 valence electrons.